The van der Waals surface area contributed by atoms with Gasteiger partial charge in [0.2, 0.25) is 0 Å². The fraction of sp³-hybridized carbons (Fsp3) is 0.739. The van der Waals surface area contributed by atoms with Gasteiger partial charge in [-0.1, -0.05) is 155 Å². The number of ether oxygens (including phenoxy) is 6. The third kappa shape index (κ3) is 13.0. The number of phenols is 1. The quantitative estimate of drug-likeness (QED) is 0.0185. The maximum absolute atomic E-state index is 12.7. The summed E-state index contributed by atoms with van der Waals surface area (Å²) in [6, 6.07) is 8.00. The summed E-state index contributed by atoms with van der Waals surface area (Å²) in [6.07, 6.45) is 35.2. The first-order valence-corrected chi connectivity index (χ1v) is 34.7. The van der Waals surface area contributed by atoms with E-state index >= 15 is 0 Å². The van der Waals surface area contributed by atoms with E-state index in [1.54, 1.807) is 6.07 Å². The number of halogens is 1. The van der Waals surface area contributed by atoms with Crippen molar-refractivity contribution in [3.63, 3.8) is 0 Å². The third-order valence-corrected chi connectivity index (χ3v) is 21.5. The highest BCUT2D eigenvalue weighted by Crippen LogP contribution is 2.68. The van der Waals surface area contributed by atoms with Crippen LogP contribution in [0.15, 0.2) is 48.6 Å². The molecular formula is C69H101IN2O11. The molecule has 2 aromatic carbocycles. The average Bonchev–Trinajstić information content (AvgIpc) is 1.63. The number of hydrogen-bond acceptors (Lipinski definition) is 13. The molecule has 3 N–H and O–H groups in total. The van der Waals surface area contributed by atoms with Gasteiger partial charge in [-0.2, -0.15) is 0 Å². The topological polar surface area (TPSA) is 157 Å². The van der Waals surface area contributed by atoms with Crippen molar-refractivity contribution in [2.45, 2.75) is 266 Å². The normalized spacial score (nSPS) is 29.2. The molecule has 0 aromatic heterocycles. The van der Waals surface area contributed by atoms with Gasteiger partial charge in [0.25, 0.3) is 0 Å². The minimum atomic E-state index is -0.862. The van der Waals surface area contributed by atoms with Crippen LogP contribution in [-0.4, -0.2) is 117 Å². The molecule has 4 aliphatic heterocycles. The predicted molar refractivity (Wildman–Crippen MR) is 333 cm³/mol. The summed E-state index contributed by atoms with van der Waals surface area (Å²) in [5.41, 5.74) is 4.14. The number of aromatic hydroxyl groups is 1. The molecule has 8 atom stereocenters. The van der Waals surface area contributed by atoms with Crippen LogP contribution in [-0.2, 0) is 37.9 Å². The molecule has 83 heavy (non-hydrogen) atoms. The fourth-order valence-electron chi connectivity index (χ4n) is 16.5. The zero-order valence-corrected chi connectivity index (χ0v) is 52.8. The molecule has 4 bridgehead atoms. The van der Waals surface area contributed by atoms with Crippen molar-refractivity contribution in [3.8, 4) is 23.0 Å². The summed E-state index contributed by atoms with van der Waals surface area (Å²) in [6.45, 7) is 18.2. The molecule has 0 radical (unpaired) electrons. The van der Waals surface area contributed by atoms with Gasteiger partial charge in [0.05, 0.1) is 35.2 Å². The van der Waals surface area contributed by atoms with Crippen molar-refractivity contribution in [2.75, 3.05) is 44.0 Å². The number of carbonyl (C=O) groups is 2. The molecule has 2 aromatic rings. The molecule has 10 aliphatic rings. The smallest absolute Gasteiger partial charge is 0.504 e. The summed E-state index contributed by atoms with van der Waals surface area (Å²) in [4.78, 5) is 28.6. The van der Waals surface area contributed by atoms with E-state index in [1.807, 2.05) is 34.7 Å². The van der Waals surface area contributed by atoms with Crippen molar-refractivity contribution < 1.29 is 53.3 Å². The highest BCUT2D eigenvalue weighted by molar-refractivity contribution is 14.1. The highest BCUT2D eigenvalue weighted by Gasteiger charge is 2.73. The second-order valence-electron chi connectivity index (χ2n) is 26.7. The largest absolute Gasteiger partial charge is 0.513 e. The van der Waals surface area contributed by atoms with Gasteiger partial charge in [0, 0.05) is 36.3 Å². The van der Waals surface area contributed by atoms with Gasteiger partial charge in [0.1, 0.15) is 16.8 Å². The number of phenolic OH excluding ortho intramolecular Hbond substituents is 1. The summed E-state index contributed by atoms with van der Waals surface area (Å²) >= 11 is 1.97. The van der Waals surface area contributed by atoms with E-state index in [0.717, 1.165) is 131 Å². The van der Waals surface area contributed by atoms with Gasteiger partial charge in [-0.25, -0.2) is 9.59 Å². The Kier molecular flexibility index (Phi) is 21.1. The number of unbranched alkanes of at least 4 members (excludes halogenated alkanes) is 18. The lowest BCUT2D eigenvalue weighted by atomic mass is 9.48. The molecular weight excluding hydrogens is 1160 g/mol. The summed E-state index contributed by atoms with van der Waals surface area (Å²) in [5.74, 6) is 3.45. The maximum atomic E-state index is 12.7. The minimum Gasteiger partial charge on any atom is -0.504 e. The van der Waals surface area contributed by atoms with E-state index in [-0.39, 0.29) is 30.0 Å². The van der Waals surface area contributed by atoms with Crippen LogP contribution in [0, 0.1) is 11.8 Å². The number of rotatable bonds is 28. The van der Waals surface area contributed by atoms with Crippen LogP contribution in [0.4, 0.5) is 9.59 Å². The van der Waals surface area contributed by atoms with Crippen LogP contribution in [0.25, 0.3) is 0 Å². The number of piperidine rings is 2. The second kappa shape index (κ2) is 28.1. The molecule has 13 nitrogen and oxygen atoms in total. The Morgan fingerprint density at radius 1 is 0.578 bits per heavy atom. The van der Waals surface area contributed by atoms with Gasteiger partial charge < -0.3 is 43.7 Å². The summed E-state index contributed by atoms with van der Waals surface area (Å²) < 4.78 is 34.0. The van der Waals surface area contributed by atoms with Crippen LogP contribution >= 0.6 is 22.6 Å². The van der Waals surface area contributed by atoms with Gasteiger partial charge in [-0.15, -0.1) is 0 Å². The van der Waals surface area contributed by atoms with Crippen LogP contribution in [0.2, 0.25) is 0 Å². The van der Waals surface area contributed by atoms with Gasteiger partial charge in [-0.3, -0.25) is 9.80 Å². The standard InChI is InChI=1S/C34H49NO5.C21H25NO3.C14H27IO3/c1-3-4-5-6-7-8-9-10-11-12-21-38-32(36)39-27-16-15-26-22-28-34(37)18-17-24(2)31-33(34,29(26)30(27)40-31)19-20-35(28)23-25-13-14-25;1-12-6-7-21(24)16-10-14-4-5-15(23)18-17(14)20(21,19(12)25-18)8-9-22(16)11-13-2-3-13;1-2-3-4-5-6-7-8-9-10-11-12-17-14(16)18-13-15/h15-16,25,28,31,37H,2-14,17-23H2,1H3;4-5,13,16,19,23-24H,1-3,6-11H2;2-13H2,1H3/t28?,31-,33-,34+;16?,19-,20-,21+;/m00./s1. The van der Waals surface area contributed by atoms with E-state index < -0.39 is 34.3 Å². The number of hydrogen-bond donors (Lipinski definition) is 3. The van der Waals surface area contributed by atoms with Crippen molar-refractivity contribution in [2.24, 2.45) is 11.8 Å². The second-order valence-corrected chi connectivity index (χ2v) is 27.3. The Morgan fingerprint density at radius 2 is 1.00 bits per heavy atom. The first-order valence-electron chi connectivity index (χ1n) is 33.2. The van der Waals surface area contributed by atoms with E-state index in [0.29, 0.717) is 41.5 Å². The predicted octanol–water partition coefficient (Wildman–Crippen LogP) is 15.2. The molecule has 4 heterocycles. The molecule has 4 saturated carbocycles. The lowest BCUT2D eigenvalue weighted by Gasteiger charge is -2.63. The Morgan fingerprint density at radius 3 is 1.46 bits per heavy atom. The average molecular weight is 1260 g/mol. The first kappa shape index (κ1) is 62.5. The van der Waals surface area contributed by atoms with Crippen LogP contribution in [0.1, 0.15) is 229 Å². The minimum absolute atomic E-state index is 0.0947. The molecule has 2 unspecified atom stereocenters. The van der Waals surface area contributed by atoms with E-state index in [1.165, 1.54) is 140 Å². The Labute approximate surface area is 510 Å². The zero-order chi connectivity index (χ0) is 58.2. The van der Waals surface area contributed by atoms with E-state index in [9.17, 15) is 24.9 Å². The molecule has 6 fully saturated rings. The number of nitrogens with zero attached hydrogens (tertiary/aromatic N) is 2. The van der Waals surface area contributed by atoms with Crippen molar-refractivity contribution in [1.29, 1.82) is 0 Å². The van der Waals surface area contributed by atoms with E-state index in [4.69, 9.17) is 23.7 Å². The molecule has 0 amide bonds. The van der Waals surface area contributed by atoms with Crippen LogP contribution in [0.3, 0.4) is 0 Å². The van der Waals surface area contributed by atoms with E-state index in [2.05, 4.69) is 47.6 Å². The molecule has 12 rings (SSSR count). The maximum Gasteiger partial charge on any atom is 0.513 e. The Balaban J connectivity index is 0.000000153. The van der Waals surface area contributed by atoms with Crippen molar-refractivity contribution in [3.05, 3.63) is 70.8 Å². The number of benzene rings is 2. The van der Waals surface area contributed by atoms with Crippen LogP contribution < -0.4 is 14.2 Å². The molecule has 6 aliphatic carbocycles. The fourth-order valence-corrected chi connectivity index (χ4v) is 16.8. The third-order valence-electron chi connectivity index (χ3n) is 21.2. The zero-order valence-electron chi connectivity index (χ0n) is 50.6. The summed E-state index contributed by atoms with van der Waals surface area (Å²) in [7, 11) is 0. The SMILES string of the molecule is C=C1CC[C@@]2(O)C3Cc4ccc(O)c5c4[C@@]2(CCN3CC2CC2)[C@H]1O5.C=C1CC[C@@]2(O)C3Cc4ccc(OC(=O)OCCCCCCCCCCCC)c5c4[C@@]2(CCN3CC2CC2)[C@H]1O5.CCCCCCCCCCCCOC(=O)OCI. The number of alkyl halides is 1. The number of aliphatic hydroxyl groups is 2. The molecule has 2 spiro atoms. The Hall–Kier alpha value is -3.57. The van der Waals surface area contributed by atoms with Gasteiger partial charge in [-0.05, 0) is 172 Å². The summed E-state index contributed by atoms with van der Waals surface area (Å²) in [5, 5.41) is 35.0. The lowest BCUT2D eigenvalue weighted by Crippen LogP contribution is -2.75. The van der Waals surface area contributed by atoms with Crippen LogP contribution in [0.5, 0.6) is 23.0 Å². The molecule has 2 saturated heterocycles. The number of likely N-dealkylation sites (tertiary alicyclic amines) is 2. The first-order chi connectivity index (χ1) is 40.3. The number of carbonyl (C=O) groups excluding carboxylic acids is 2. The van der Waals surface area contributed by atoms with Gasteiger partial charge in [0.15, 0.2) is 23.0 Å². The highest BCUT2D eigenvalue weighted by atomic mass is 127. The Bertz CT molecular complexity index is 2570. The molecule has 460 valence electrons. The van der Waals surface area contributed by atoms with Crippen molar-refractivity contribution in [1.82, 2.24) is 9.80 Å². The monoisotopic (exact) mass is 1260 g/mol. The molecule has 14 heteroatoms. The van der Waals surface area contributed by atoms with Gasteiger partial charge >= 0.3 is 12.3 Å². The van der Waals surface area contributed by atoms with Crippen molar-refractivity contribution >= 4 is 34.9 Å². The lowest BCUT2D eigenvalue weighted by molar-refractivity contribution is -0.174.